The van der Waals surface area contributed by atoms with E-state index in [2.05, 4.69) is 4.72 Å². The summed E-state index contributed by atoms with van der Waals surface area (Å²) in [7, 11) is -1.15. The Morgan fingerprint density at radius 3 is 2.69 bits per heavy atom. The number of halogens is 1. The van der Waals surface area contributed by atoms with Crippen molar-refractivity contribution in [3.63, 3.8) is 0 Å². The van der Waals surface area contributed by atoms with Gasteiger partial charge in [0.05, 0.1) is 0 Å². The molecule has 2 nitrogen and oxygen atoms in total. The summed E-state index contributed by atoms with van der Waals surface area (Å²) in [6.45, 7) is 3.67. The topological polar surface area (TPSA) is 29.1 Å². The molecule has 0 fully saturated rings. The van der Waals surface area contributed by atoms with Crippen LogP contribution in [-0.4, -0.2) is 9.46 Å². The highest BCUT2D eigenvalue weighted by atomic mass is 32.2. The van der Waals surface area contributed by atoms with Gasteiger partial charge in [-0.15, -0.1) is 0 Å². The lowest BCUT2D eigenvalue weighted by Gasteiger charge is -2.07. The highest BCUT2D eigenvalue weighted by Crippen LogP contribution is 2.10. The van der Waals surface area contributed by atoms with Crippen molar-refractivity contribution in [1.29, 1.82) is 0 Å². The van der Waals surface area contributed by atoms with Gasteiger partial charge in [-0.1, -0.05) is 6.07 Å². The third kappa shape index (κ3) is 3.14. The van der Waals surface area contributed by atoms with Gasteiger partial charge in [0.2, 0.25) is 0 Å². The molecular formula is C9H12FNOS. The average Bonchev–Trinajstić information content (AvgIpc) is 2.04. The third-order valence-corrected chi connectivity index (χ3v) is 2.76. The normalized spacial score (nSPS) is 12.9. The number of hydrogen-bond donors (Lipinski definition) is 1. The molecule has 1 atom stereocenters. The second-order valence-electron chi connectivity index (χ2n) is 2.96. The first-order chi connectivity index (χ1) is 6.09. The second-order valence-corrected chi connectivity index (χ2v) is 4.70. The van der Waals surface area contributed by atoms with Crippen molar-refractivity contribution in [3.8, 4) is 0 Å². The van der Waals surface area contributed by atoms with Crippen LogP contribution in [0.4, 0.5) is 10.1 Å². The molecule has 0 spiro atoms. The molecular weight excluding hydrogens is 189 g/mol. The van der Waals surface area contributed by atoms with Crippen LogP contribution in [0, 0.1) is 5.82 Å². The van der Waals surface area contributed by atoms with Crippen molar-refractivity contribution in [2.24, 2.45) is 0 Å². The van der Waals surface area contributed by atoms with E-state index in [4.69, 9.17) is 0 Å². The Bertz CT molecular complexity index is 314. The van der Waals surface area contributed by atoms with Crippen molar-refractivity contribution < 1.29 is 8.60 Å². The highest BCUT2D eigenvalue weighted by molar-refractivity contribution is 7.86. The fourth-order valence-electron chi connectivity index (χ4n) is 0.786. The first-order valence-electron chi connectivity index (χ1n) is 4.02. The predicted octanol–water partition coefficient (Wildman–Crippen LogP) is 2.31. The molecule has 0 aliphatic rings. The van der Waals surface area contributed by atoms with Crippen LogP contribution >= 0.6 is 0 Å². The molecule has 0 saturated heterocycles. The Morgan fingerprint density at radius 2 is 2.15 bits per heavy atom. The van der Waals surface area contributed by atoms with E-state index in [1.165, 1.54) is 12.1 Å². The van der Waals surface area contributed by atoms with E-state index in [9.17, 15) is 8.60 Å². The molecule has 0 aromatic heterocycles. The number of rotatable bonds is 3. The zero-order valence-electron chi connectivity index (χ0n) is 7.58. The lowest BCUT2D eigenvalue weighted by Crippen LogP contribution is -2.14. The molecule has 0 amide bonds. The molecule has 1 aromatic carbocycles. The number of anilines is 1. The molecule has 0 bridgehead atoms. The molecule has 72 valence electrons. The minimum Gasteiger partial charge on any atom is -0.305 e. The van der Waals surface area contributed by atoms with Gasteiger partial charge in [0.1, 0.15) is 16.8 Å². The fraction of sp³-hybridized carbons (Fsp3) is 0.333. The quantitative estimate of drug-likeness (QED) is 0.798. The SMILES string of the molecule is CC(C)S(=O)Nc1cccc(F)c1. The van der Waals surface area contributed by atoms with E-state index in [-0.39, 0.29) is 11.1 Å². The number of hydrogen-bond acceptors (Lipinski definition) is 1. The summed E-state index contributed by atoms with van der Waals surface area (Å²) >= 11 is 0. The van der Waals surface area contributed by atoms with Gasteiger partial charge in [-0.3, -0.25) is 0 Å². The maximum Gasteiger partial charge on any atom is 0.125 e. The van der Waals surface area contributed by atoms with Crippen LogP contribution in [0.15, 0.2) is 24.3 Å². The van der Waals surface area contributed by atoms with E-state index >= 15 is 0 Å². The summed E-state index contributed by atoms with van der Waals surface area (Å²) in [6, 6.07) is 5.93. The van der Waals surface area contributed by atoms with Gasteiger partial charge in [0.25, 0.3) is 0 Å². The zero-order valence-corrected chi connectivity index (χ0v) is 8.40. The van der Waals surface area contributed by atoms with Gasteiger partial charge in [-0.05, 0) is 32.0 Å². The lowest BCUT2D eigenvalue weighted by molar-refractivity contribution is 0.628. The maximum absolute atomic E-state index is 12.7. The van der Waals surface area contributed by atoms with Crippen LogP contribution in [0.5, 0.6) is 0 Å². The van der Waals surface area contributed by atoms with E-state index in [0.717, 1.165) is 0 Å². The van der Waals surface area contributed by atoms with E-state index in [0.29, 0.717) is 5.69 Å². The molecule has 1 aromatic rings. The molecule has 0 radical (unpaired) electrons. The van der Waals surface area contributed by atoms with Gasteiger partial charge in [-0.25, -0.2) is 8.60 Å². The highest BCUT2D eigenvalue weighted by Gasteiger charge is 2.04. The number of benzene rings is 1. The third-order valence-electron chi connectivity index (χ3n) is 1.47. The lowest BCUT2D eigenvalue weighted by atomic mass is 10.3. The molecule has 13 heavy (non-hydrogen) atoms. The van der Waals surface area contributed by atoms with Crippen LogP contribution in [0.1, 0.15) is 13.8 Å². The molecule has 0 aliphatic heterocycles. The Balaban J connectivity index is 2.69. The van der Waals surface area contributed by atoms with Crippen molar-refractivity contribution in [2.45, 2.75) is 19.1 Å². The van der Waals surface area contributed by atoms with Gasteiger partial charge < -0.3 is 4.72 Å². The summed E-state index contributed by atoms with van der Waals surface area (Å²) in [6.07, 6.45) is 0. The van der Waals surface area contributed by atoms with Crippen LogP contribution < -0.4 is 4.72 Å². The molecule has 1 unspecified atom stereocenters. The van der Waals surface area contributed by atoms with Gasteiger partial charge >= 0.3 is 0 Å². The van der Waals surface area contributed by atoms with Crippen LogP contribution in [0.2, 0.25) is 0 Å². The van der Waals surface area contributed by atoms with Crippen molar-refractivity contribution in [2.75, 3.05) is 4.72 Å². The maximum atomic E-state index is 12.7. The standard InChI is InChI=1S/C9H12FNOS/c1-7(2)13(12)11-9-5-3-4-8(10)6-9/h3-7,11H,1-2H3. The minimum atomic E-state index is -1.15. The molecule has 1 rings (SSSR count). The van der Waals surface area contributed by atoms with Crippen LogP contribution in [-0.2, 0) is 11.0 Å². The molecule has 1 N–H and O–H groups in total. The number of nitrogens with one attached hydrogen (secondary N) is 1. The zero-order chi connectivity index (χ0) is 9.84. The summed E-state index contributed by atoms with van der Waals surface area (Å²) in [5.41, 5.74) is 0.548. The smallest absolute Gasteiger partial charge is 0.125 e. The monoisotopic (exact) mass is 201 g/mol. The van der Waals surface area contributed by atoms with Crippen molar-refractivity contribution >= 4 is 16.7 Å². The Hall–Kier alpha value is -0.900. The van der Waals surface area contributed by atoms with Gasteiger partial charge in [0.15, 0.2) is 0 Å². The molecule has 0 saturated carbocycles. The predicted molar refractivity (Wildman–Crippen MR) is 53.3 cm³/mol. The fourth-order valence-corrected chi connectivity index (χ4v) is 1.38. The minimum absolute atomic E-state index is 0.0169. The largest absolute Gasteiger partial charge is 0.305 e. The summed E-state index contributed by atoms with van der Waals surface area (Å²) in [5, 5.41) is 0.0169. The van der Waals surface area contributed by atoms with Crippen LogP contribution in [0.3, 0.4) is 0 Å². The molecule has 0 aliphatic carbocycles. The van der Waals surface area contributed by atoms with E-state index in [1.54, 1.807) is 12.1 Å². The first kappa shape index (κ1) is 10.2. The summed E-state index contributed by atoms with van der Waals surface area (Å²) in [5.74, 6) is -0.328. The van der Waals surface area contributed by atoms with Gasteiger partial charge in [-0.2, -0.15) is 0 Å². The van der Waals surface area contributed by atoms with E-state index in [1.807, 2.05) is 13.8 Å². The summed E-state index contributed by atoms with van der Waals surface area (Å²) in [4.78, 5) is 0. The van der Waals surface area contributed by atoms with Crippen LogP contribution in [0.25, 0.3) is 0 Å². The molecule has 4 heteroatoms. The Morgan fingerprint density at radius 1 is 1.46 bits per heavy atom. The second kappa shape index (κ2) is 4.37. The Labute approximate surface area is 79.8 Å². The Kier molecular flexibility index (Phi) is 3.42. The van der Waals surface area contributed by atoms with Gasteiger partial charge in [0, 0.05) is 10.9 Å². The van der Waals surface area contributed by atoms with Crippen molar-refractivity contribution in [1.82, 2.24) is 0 Å². The van der Waals surface area contributed by atoms with Crippen molar-refractivity contribution in [3.05, 3.63) is 30.1 Å². The molecule has 0 heterocycles. The average molecular weight is 201 g/mol. The summed E-state index contributed by atoms with van der Waals surface area (Å²) < 4.78 is 26.7. The van der Waals surface area contributed by atoms with E-state index < -0.39 is 11.0 Å². The first-order valence-corrected chi connectivity index (χ1v) is 5.23.